The van der Waals surface area contributed by atoms with E-state index >= 15 is 0 Å². The molecule has 1 aliphatic rings. The maximum absolute atomic E-state index is 9.30. The van der Waals surface area contributed by atoms with E-state index in [1.54, 1.807) is 0 Å². The highest BCUT2D eigenvalue weighted by Crippen LogP contribution is 2.29. The van der Waals surface area contributed by atoms with Crippen LogP contribution in [0.2, 0.25) is 0 Å². The molecule has 2 atom stereocenters. The normalized spacial score (nSPS) is 23.9. The second kappa shape index (κ2) is 5.31. The van der Waals surface area contributed by atoms with Crippen molar-refractivity contribution in [3.8, 4) is 0 Å². The first-order valence-electron chi connectivity index (χ1n) is 6.23. The number of nitrogen functional groups attached to an aromatic ring is 1. The number of nitrogens with two attached hydrogens (primary N) is 1. The van der Waals surface area contributed by atoms with Crippen molar-refractivity contribution in [3.63, 3.8) is 0 Å². The number of anilines is 2. The Morgan fingerprint density at radius 1 is 1.47 bits per heavy atom. The van der Waals surface area contributed by atoms with Gasteiger partial charge in [0.15, 0.2) is 0 Å². The number of nitrogens with zero attached hydrogens (tertiary/aromatic N) is 2. The number of aromatic nitrogens is 2. The molecule has 0 radical (unpaired) electrons. The highest BCUT2D eigenvalue weighted by atomic mass is 16.3. The zero-order valence-corrected chi connectivity index (χ0v) is 10.2. The van der Waals surface area contributed by atoms with Gasteiger partial charge in [-0.3, -0.25) is 0 Å². The van der Waals surface area contributed by atoms with Crippen LogP contribution >= 0.6 is 0 Å². The average molecular weight is 236 g/mol. The lowest BCUT2D eigenvalue weighted by molar-refractivity contribution is 0.222. The van der Waals surface area contributed by atoms with Gasteiger partial charge in [-0.15, -0.1) is 0 Å². The summed E-state index contributed by atoms with van der Waals surface area (Å²) < 4.78 is 0. The lowest BCUT2D eigenvalue weighted by Gasteiger charge is -2.21. The number of aliphatic hydroxyl groups is 1. The van der Waals surface area contributed by atoms with Gasteiger partial charge in [0, 0.05) is 24.1 Å². The second-order valence-electron chi connectivity index (χ2n) is 4.56. The second-order valence-corrected chi connectivity index (χ2v) is 4.56. The van der Waals surface area contributed by atoms with Gasteiger partial charge in [-0.2, -0.15) is 0 Å². The predicted molar refractivity (Wildman–Crippen MR) is 67.7 cm³/mol. The summed E-state index contributed by atoms with van der Waals surface area (Å²) in [4.78, 5) is 8.26. The molecule has 94 valence electrons. The molecule has 5 nitrogen and oxygen atoms in total. The van der Waals surface area contributed by atoms with E-state index in [0.717, 1.165) is 37.1 Å². The molecule has 1 aromatic rings. The first kappa shape index (κ1) is 12.1. The molecule has 1 aromatic heterocycles. The quantitative estimate of drug-likeness (QED) is 0.731. The van der Waals surface area contributed by atoms with Gasteiger partial charge in [0.05, 0.1) is 0 Å². The van der Waals surface area contributed by atoms with E-state index in [9.17, 15) is 5.11 Å². The number of rotatable bonds is 4. The molecule has 0 spiro atoms. The van der Waals surface area contributed by atoms with Crippen LogP contribution in [-0.2, 0) is 6.42 Å². The third kappa shape index (κ3) is 2.49. The van der Waals surface area contributed by atoms with Gasteiger partial charge >= 0.3 is 0 Å². The minimum Gasteiger partial charge on any atom is -0.396 e. The molecule has 0 bridgehead atoms. The molecule has 0 saturated heterocycles. The van der Waals surface area contributed by atoms with Crippen molar-refractivity contribution in [1.29, 1.82) is 0 Å². The van der Waals surface area contributed by atoms with E-state index < -0.39 is 0 Å². The summed E-state index contributed by atoms with van der Waals surface area (Å²) in [5.74, 6) is 1.70. The molecule has 1 fully saturated rings. The van der Waals surface area contributed by atoms with Crippen LogP contribution in [0.1, 0.15) is 31.7 Å². The zero-order chi connectivity index (χ0) is 12.3. The molecule has 2 unspecified atom stereocenters. The molecule has 2 rings (SSSR count). The Bertz CT molecular complexity index is 383. The Balaban J connectivity index is 2.15. The molecule has 0 aromatic carbocycles. The van der Waals surface area contributed by atoms with Crippen LogP contribution in [0.4, 0.5) is 11.6 Å². The van der Waals surface area contributed by atoms with Crippen LogP contribution in [0.15, 0.2) is 6.33 Å². The summed E-state index contributed by atoms with van der Waals surface area (Å²) in [6, 6.07) is 0.305. The van der Waals surface area contributed by atoms with Crippen molar-refractivity contribution in [2.75, 3.05) is 17.7 Å². The number of hydrogen-bond donors (Lipinski definition) is 3. The highest BCUT2D eigenvalue weighted by molar-refractivity contribution is 5.55. The first-order chi connectivity index (χ1) is 8.26. The van der Waals surface area contributed by atoms with Gasteiger partial charge in [0.2, 0.25) is 0 Å². The van der Waals surface area contributed by atoms with Gasteiger partial charge in [0.1, 0.15) is 18.0 Å². The van der Waals surface area contributed by atoms with Crippen molar-refractivity contribution < 1.29 is 5.11 Å². The van der Waals surface area contributed by atoms with Gasteiger partial charge < -0.3 is 16.2 Å². The van der Waals surface area contributed by atoms with E-state index in [1.165, 1.54) is 6.33 Å². The van der Waals surface area contributed by atoms with Crippen molar-refractivity contribution in [1.82, 2.24) is 9.97 Å². The Hall–Kier alpha value is -1.36. The van der Waals surface area contributed by atoms with E-state index in [0.29, 0.717) is 17.8 Å². The summed E-state index contributed by atoms with van der Waals surface area (Å²) in [5.41, 5.74) is 6.80. The molecule has 5 heteroatoms. The van der Waals surface area contributed by atoms with E-state index in [1.807, 2.05) is 6.92 Å². The maximum atomic E-state index is 9.30. The van der Waals surface area contributed by atoms with Gasteiger partial charge in [0.25, 0.3) is 0 Å². The van der Waals surface area contributed by atoms with Crippen molar-refractivity contribution in [3.05, 3.63) is 11.9 Å². The minimum absolute atomic E-state index is 0.236. The van der Waals surface area contributed by atoms with Crippen molar-refractivity contribution >= 4 is 11.6 Å². The van der Waals surface area contributed by atoms with Crippen LogP contribution in [0.5, 0.6) is 0 Å². The Kier molecular flexibility index (Phi) is 3.78. The molecule has 17 heavy (non-hydrogen) atoms. The van der Waals surface area contributed by atoms with Crippen molar-refractivity contribution in [2.24, 2.45) is 5.92 Å². The van der Waals surface area contributed by atoms with Crippen LogP contribution in [-0.4, -0.2) is 27.7 Å². The first-order valence-corrected chi connectivity index (χ1v) is 6.23. The highest BCUT2D eigenvalue weighted by Gasteiger charge is 2.27. The molecule has 1 saturated carbocycles. The van der Waals surface area contributed by atoms with E-state index in [-0.39, 0.29) is 6.61 Å². The average Bonchev–Trinajstić information content (AvgIpc) is 2.77. The monoisotopic (exact) mass is 236 g/mol. The fourth-order valence-corrected chi connectivity index (χ4v) is 2.52. The summed E-state index contributed by atoms with van der Waals surface area (Å²) in [5, 5.41) is 12.7. The molecule has 1 aliphatic carbocycles. The van der Waals surface area contributed by atoms with Crippen molar-refractivity contribution in [2.45, 2.75) is 38.6 Å². The van der Waals surface area contributed by atoms with Gasteiger partial charge in [-0.1, -0.05) is 13.3 Å². The topological polar surface area (TPSA) is 84.1 Å². The lowest BCUT2D eigenvalue weighted by Crippen LogP contribution is -2.27. The predicted octanol–water partition coefficient (Wildman–Crippen LogP) is 1.19. The lowest BCUT2D eigenvalue weighted by atomic mass is 10.0. The third-order valence-electron chi connectivity index (χ3n) is 3.55. The molecule has 0 amide bonds. The van der Waals surface area contributed by atoms with E-state index in [4.69, 9.17) is 5.73 Å². The summed E-state index contributed by atoms with van der Waals surface area (Å²) in [7, 11) is 0. The molecular formula is C12H20N4O. The summed E-state index contributed by atoms with van der Waals surface area (Å²) >= 11 is 0. The minimum atomic E-state index is 0.236. The zero-order valence-electron chi connectivity index (χ0n) is 10.2. The smallest absolute Gasteiger partial charge is 0.134 e. The molecule has 0 aliphatic heterocycles. The maximum Gasteiger partial charge on any atom is 0.134 e. The molecule has 1 heterocycles. The van der Waals surface area contributed by atoms with Crippen LogP contribution < -0.4 is 11.1 Å². The largest absolute Gasteiger partial charge is 0.396 e. The third-order valence-corrected chi connectivity index (χ3v) is 3.55. The van der Waals surface area contributed by atoms with E-state index in [2.05, 4.69) is 15.3 Å². The Morgan fingerprint density at radius 3 is 3.00 bits per heavy atom. The fourth-order valence-electron chi connectivity index (χ4n) is 2.52. The number of hydrogen-bond acceptors (Lipinski definition) is 5. The molecular weight excluding hydrogens is 216 g/mol. The standard InChI is InChI=1S/C12H20N4O/c1-2-9-11(13)14-7-15-12(9)16-10-5-3-4-8(10)6-17/h7-8,10,17H,2-6H2,1H3,(H3,13,14,15,16). The summed E-state index contributed by atoms with van der Waals surface area (Å²) in [6.45, 7) is 2.28. The SMILES string of the molecule is CCc1c(N)ncnc1NC1CCCC1CO. The van der Waals surface area contributed by atoms with Gasteiger partial charge in [-0.05, 0) is 19.3 Å². The number of aliphatic hydroxyl groups excluding tert-OH is 1. The fraction of sp³-hybridized carbons (Fsp3) is 0.667. The summed E-state index contributed by atoms with van der Waals surface area (Å²) in [6.07, 6.45) is 5.62. The van der Waals surface area contributed by atoms with Crippen LogP contribution in [0.25, 0.3) is 0 Å². The Labute approximate surface area is 101 Å². The van der Waals surface area contributed by atoms with Crippen LogP contribution in [0.3, 0.4) is 0 Å². The Morgan fingerprint density at radius 2 is 2.29 bits per heavy atom. The molecule has 4 N–H and O–H groups in total. The number of nitrogens with one attached hydrogen (secondary N) is 1. The van der Waals surface area contributed by atoms with Gasteiger partial charge in [-0.25, -0.2) is 9.97 Å². The van der Waals surface area contributed by atoms with Crippen LogP contribution in [0, 0.1) is 5.92 Å².